The summed E-state index contributed by atoms with van der Waals surface area (Å²) >= 11 is 12.2. The van der Waals surface area contributed by atoms with Gasteiger partial charge >= 0.3 is 0 Å². The lowest BCUT2D eigenvalue weighted by Crippen LogP contribution is -2.22. The van der Waals surface area contributed by atoms with Gasteiger partial charge in [0.1, 0.15) is 5.82 Å². The van der Waals surface area contributed by atoms with Crippen LogP contribution in [-0.2, 0) is 0 Å². The van der Waals surface area contributed by atoms with E-state index in [1.165, 1.54) is 0 Å². The lowest BCUT2D eigenvalue weighted by atomic mass is 9.97. The second-order valence-corrected chi connectivity index (χ2v) is 5.51. The van der Waals surface area contributed by atoms with Gasteiger partial charge in [0.2, 0.25) is 0 Å². The summed E-state index contributed by atoms with van der Waals surface area (Å²) in [4.78, 5) is 0. The van der Waals surface area contributed by atoms with Crippen molar-refractivity contribution in [2.24, 2.45) is 0 Å². The van der Waals surface area contributed by atoms with Crippen molar-refractivity contribution in [3.05, 3.63) is 69.0 Å². The molecule has 0 aliphatic heterocycles. The largest absolute Gasteiger partial charge is 0.306 e. The average Bonchev–Trinajstić information content (AvgIpc) is 2.40. The number of benzene rings is 2. The Balaban J connectivity index is 2.47. The van der Waals surface area contributed by atoms with Crippen LogP contribution in [0.5, 0.6) is 0 Å². The zero-order valence-corrected chi connectivity index (χ0v) is 12.9. The first-order valence-corrected chi connectivity index (χ1v) is 7.23. The van der Waals surface area contributed by atoms with Gasteiger partial charge in [-0.15, -0.1) is 0 Å². The molecule has 0 saturated carbocycles. The van der Waals surface area contributed by atoms with Crippen molar-refractivity contribution < 1.29 is 4.39 Å². The van der Waals surface area contributed by atoms with Gasteiger partial charge in [-0.05, 0) is 48.4 Å². The summed E-state index contributed by atoms with van der Waals surface area (Å²) in [7, 11) is 0. The van der Waals surface area contributed by atoms with Crippen molar-refractivity contribution >= 4 is 23.2 Å². The average molecular weight is 312 g/mol. The van der Waals surface area contributed by atoms with Crippen LogP contribution >= 0.6 is 23.2 Å². The maximum atomic E-state index is 13.8. The number of nitrogens with one attached hydrogen (secondary N) is 1. The first-order chi connectivity index (χ1) is 9.52. The Kier molecular flexibility index (Phi) is 5.03. The molecular weight excluding hydrogens is 296 g/mol. The summed E-state index contributed by atoms with van der Waals surface area (Å²) in [5, 5.41) is 4.49. The SMILES string of the molecule is CCNC(c1ccc(C)c(F)c1)c1ccc(Cl)cc1Cl. The molecule has 1 unspecified atom stereocenters. The van der Waals surface area contributed by atoms with Crippen LogP contribution in [0.15, 0.2) is 36.4 Å². The smallest absolute Gasteiger partial charge is 0.126 e. The molecule has 4 heteroatoms. The van der Waals surface area contributed by atoms with Crippen LogP contribution in [0.1, 0.15) is 29.7 Å². The molecule has 0 spiro atoms. The fraction of sp³-hybridized carbons (Fsp3) is 0.250. The third-order valence-electron chi connectivity index (χ3n) is 3.21. The third kappa shape index (κ3) is 3.32. The van der Waals surface area contributed by atoms with Crippen molar-refractivity contribution in [2.45, 2.75) is 19.9 Å². The van der Waals surface area contributed by atoms with E-state index in [0.29, 0.717) is 15.6 Å². The minimum absolute atomic E-state index is 0.153. The summed E-state index contributed by atoms with van der Waals surface area (Å²) in [6.45, 7) is 4.50. The molecule has 20 heavy (non-hydrogen) atoms. The van der Waals surface area contributed by atoms with E-state index in [9.17, 15) is 4.39 Å². The maximum absolute atomic E-state index is 13.8. The number of hydrogen-bond acceptors (Lipinski definition) is 1. The lowest BCUT2D eigenvalue weighted by molar-refractivity contribution is 0.597. The molecule has 0 aliphatic carbocycles. The van der Waals surface area contributed by atoms with E-state index < -0.39 is 0 Å². The first kappa shape index (κ1) is 15.3. The highest BCUT2D eigenvalue weighted by atomic mass is 35.5. The van der Waals surface area contributed by atoms with Crippen LogP contribution in [0.4, 0.5) is 4.39 Å². The van der Waals surface area contributed by atoms with Crippen molar-refractivity contribution in [1.82, 2.24) is 5.32 Å². The minimum Gasteiger partial charge on any atom is -0.306 e. The Morgan fingerprint density at radius 1 is 1.15 bits per heavy atom. The standard InChI is InChI=1S/C16H16Cl2FN/c1-3-20-16(11-5-4-10(2)15(19)8-11)13-7-6-12(17)9-14(13)18/h4-9,16,20H,3H2,1-2H3. The van der Waals surface area contributed by atoms with Gasteiger partial charge in [0.15, 0.2) is 0 Å². The molecule has 1 atom stereocenters. The minimum atomic E-state index is -0.213. The molecule has 2 aromatic rings. The summed E-state index contributed by atoms with van der Waals surface area (Å²) in [5.74, 6) is -0.213. The summed E-state index contributed by atoms with van der Waals surface area (Å²) in [6.07, 6.45) is 0. The zero-order chi connectivity index (χ0) is 14.7. The van der Waals surface area contributed by atoms with Gasteiger partial charge in [0.25, 0.3) is 0 Å². The molecule has 2 aromatic carbocycles. The van der Waals surface area contributed by atoms with Crippen molar-refractivity contribution in [3.63, 3.8) is 0 Å². The summed E-state index contributed by atoms with van der Waals surface area (Å²) in [5.41, 5.74) is 2.37. The van der Waals surface area contributed by atoms with E-state index in [1.807, 2.05) is 19.1 Å². The molecular formula is C16H16Cl2FN. The van der Waals surface area contributed by atoms with Crippen LogP contribution in [0, 0.1) is 12.7 Å². The van der Waals surface area contributed by atoms with Gasteiger partial charge in [0.05, 0.1) is 6.04 Å². The van der Waals surface area contributed by atoms with Gasteiger partial charge in [-0.25, -0.2) is 4.39 Å². The lowest BCUT2D eigenvalue weighted by Gasteiger charge is -2.20. The van der Waals surface area contributed by atoms with Gasteiger partial charge in [-0.1, -0.05) is 48.3 Å². The van der Waals surface area contributed by atoms with E-state index in [-0.39, 0.29) is 11.9 Å². The molecule has 0 aliphatic rings. The van der Waals surface area contributed by atoms with Gasteiger partial charge in [0, 0.05) is 10.0 Å². The van der Waals surface area contributed by atoms with Crippen LogP contribution in [0.2, 0.25) is 10.0 Å². The molecule has 0 amide bonds. The molecule has 0 heterocycles. The normalized spacial score (nSPS) is 12.4. The number of aryl methyl sites for hydroxylation is 1. The van der Waals surface area contributed by atoms with Gasteiger partial charge < -0.3 is 5.32 Å². The topological polar surface area (TPSA) is 12.0 Å². The molecule has 1 N–H and O–H groups in total. The van der Waals surface area contributed by atoms with Crippen LogP contribution < -0.4 is 5.32 Å². The Bertz CT molecular complexity index is 613. The Morgan fingerprint density at radius 3 is 2.50 bits per heavy atom. The molecule has 1 nitrogen and oxygen atoms in total. The van der Waals surface area contributed by atoms with E-state index >= 15 is 0 Å². The Morgan fingerprint density at radius 2 is 1.90 bits per heavy atom. The van der Waals surface area contributed by atoms with E-state index in [0.717, 1.165) is 17.7 Å². The predicted octanol–water partition coefficient (Wildman–Crippen LogP) is 5.14. The monoisotopic (exact) mass is 311 g/mol. The highest BCUT2D eigenvalue weighted by molar-refractivity contribution is 6.35. The highest BCUT2D eigenvalue weighted by Crippen LogP contribution is 2.31. The van der Waals surface area contributed by atoms with E-state index in [2.05, 4.69) is 5.32 Å². The van der Waals surface area contributed by atoms with Gasteiger partial charge in [-0.3, -0.25) is 0 Å². The number of halogens is 3. The van der Waals surface area contributed by atoms with Crippen LogP contribution in [0.3, 0.4) is 0 Å². The van der Waals surface area contributed by atoms with Crippen molar-refractivity contribution in [1.29, 1.82) is 0 Å². The van der Waals surface area contributed by atoms with E-state index in [1.54, 1.807) is 31.2 Å². The van der Waals surface area contributed by atoms with Gasteiger partial charge in [-0.2, -0.15) is 0 Å². The number of rotatable bonds is 4. The van der Waals surface area contributed by atoms with Crippen molar-refractivity contribution in [3.8, 4) is 0 Å². The molecule has 0 aromatic heterocycles. The Hall–Kier alpha value is -1.09. The third-order valence-corrected chi connectivity index (χ3v) is 3.77. The predicted molar refractivity (Wildman–Crippen MR) is 83.1 cm³/mol. The van der Waals surface area contributed by atoms with Crippen molar-refractivity contribution in [2.75, 3.05) is 6.54 Å². The van der Waals surface area contributed by atoms with Crippen LogP contribution in [0.25, 0.3) is 0 Å². The van der Waals surface area contributed by atoms with Crippen LogP contribution in [-0.4, -0.2) is 6.54 Å². The summed E-state index contributed by atoms with van der Waals surface area (Å²) < 4.78 is 13.8. The molecule has 0 bridgehead atoms. The molecule has 2 rings (SSSR count). The highest BCUT2D eigenvalue weighted by Gasteiger charge is 2.17. The quantitative estimate of drug-likeness (QED) is 0.824. The fourth-order valence-electron chi connectivity index (χ4n) is 2.14. The first-order valence-electron chi connectivity index (χ1n) is 6.47. The zero-order valence-electron chi connectivity index (χ0n) is 11.4. The maximum Gasteiger partial charge on any atom is 0.126 e. The molecule has 0 fully saturated rings. The fourth-order valence-corrected chi connectivity index (χ4v) is 2.65. The number of hydrogen-bond donors (Lipinski definition) is 1. The molecule has 0 radical (unpaired) electrons. The molecule has 106 valence electrons. The molecule has 0 saturated heterocycles. The summed E-state index contributed by atoms with van der Waals surface area (Å²) in [6, 6.07) is 10.4. The second-order valence-electron chi connectivity index (χ2n) is 4.67. The Labute approximate surface area is 128 Å². The van der Waals surface area contributed by atoms with E-state index in [4.69, 9.17) is 23.2 Å². The second kappa shape index (κ2) is 6.57.